The maximum Gasteiger partial charge on any atom is 0.137 e. The first kappa shape index (κ1) is 14.9. The third-order valence-electron chi connectivity index (χ3n) is 3.75. The van der Waals surface area contributed by atoms with E-state index in [1.165, 1.54) is 12.8 Å². The van der Waals surface area contributed by atoms with E-state index in [0.717, 1.165) is 38.2 Å². The Kier molecular flexibility index (Phi) is 5.79. The second kappa shape index (κ2) is 7.36. The van der Waals surface area contributed by atoms with E-state index in [2.05, 4.69) is 39.1 Å². The monoisotopic (exact) mass is 328 g/mol. The van der Waals surface area contributed by atoms with E-state index in [9.17, 15) is 4.39 Å². The lowest BCUT2D eigenvalue weighted by atomic mass is 9.98. The molecule has 1 aromatic rings. The van der Waals surface area contributed by atoms with Crippen LogP contribution in [0.15, 0.2) is 22.7 Å². The van der Waals surface area contributed by atoms with Gasteiger partial charge < -0.3 is 5.32 Å². The first-order chi connectivity index (χ1) is 9.22. The fourth-order valence-electron chi connectivity index (χ4n) is 2.67. The summed E-state index contributed by atoms with van der Waals surface area (Å²) in [7, 11) is 0. The van der Waals surface area contributed by atoms with E-state index < -0.39 is 0 Å². The summed E-state index contributed by atoms with van der Waals surface area (Å²) < 4.78 is 14.3. The molecule has 1 saturated heterocycles. The summed E-state index contributed by atoms with van der Waals surface area (Å²) in [5.74, 6) is -0.158. The Morgan fingerprint density at radius 3 is 2.74 bits per heavy atom. The zero-order chi connectivity index (χ0) is 13.7. The van der Waals surface area contributed by atoms with E-state index in [4.69, 9.17) is 0 Å². The lowest BCUT2D eigenvalue weighted by Gasteiger charge is -2.35. The Hall–Kier alpha value is -0.450. The van der Waals surface area contributed by atoms with Crippen LogP contribution in [0.1, 0.15) is 37.8 Å². The van der Waals surface area contributed by atoms with Crippen molar-refractivity contribution >= 4 is 15.9 Å². The van der Waals surface area contributed by atoms with Gasteiger partial charge in [0.1, 0.15) is 5.82 Å². The SMILES string of the molecule is CCCC[C@@H](c1ccc(Br)c(F)c1)N1CCNCC1. The molecule has 2 rings (SSSR count). The average molecular weight is 329 g/mol. The van der Waals surface area contributed by atoms with Gasteiger partial charge in [-0.3, -0.25) is 4.90 Å². The van der Waals surface area contributed by atoms with Gasteiger partial charge in [-0.25, -0.2) is 4.39 Å². The Bertz CT molecular complexity index is 405. The molecule has 1 aliphatic rings. The Balaban J connectivity index is 2.17. The van der Waals surface area contributed by atoms with Crippen molar-refractivity contribution in [2.45, 2.75) is 32.2 Å². The highest BCUT2D eigenvalue weighted by Gasteiger charge is 2.22. The Morgan fingerprint density at radius 2 is 2.11 bits per heavy atom. The van der Waals surface area contributed by atoms with E-state index in [1.54, 1.807) is 6.07 Å². The molecule has 0 unspecified atom stereocenters. The molecule has 0 saturated carbocycles. The van der Waals surface area contributed by atoms with Gasteiger partial charge in [-0.15, -0.1) is 0 Å². The molecule has 0 aromatic heterocycles. The largest absolute Gasteiger partial charge is 0.314 e. The van der Waals surface area contributed by atoms with Crippen LogP contribution in [-0.2, 0) is 0 Å². The summed E-state index contributed by atoms with van der Waals surface area (Å²) >= 11 is 3.23. The number of halogens is 2. The maximum atomic E-state index is 13.8. The molecule has 1 aromatic carbocycles. The molecular weight excluding hydrogens is 307 g/mol. The van der Waals surface area contributed by atoms with Gasteiger partial charge in [0, 0.05) is 32.2 Å². The number of piperazine rings is 1. The highest BCUT2D eigenvalue weighted by molar-refractivity contribution is 9.10. The van der Waals surface area contributed by atoms with Crippen LogP contribution in [-0.4, -0.2) is 31.1 Å². The molecule has 0 bridgehead atoms. The molecule has 1 heterocycles. The normalized spacial score (nSPS) is 18.5. The van der Waals surface area contributed by atoms with Crippen LogP contribution < -0.4 is 5.32 Å². The first-order valence-corrected chi connectivity index (χ1v) is 7.91. The van der Waals surface area contributed by atoms with Crippen molar-refractivity contribution in [3.63, 3.8) is 0 Å². The van der Waals surface area contributed by atoms with E-state index in [1.807, 2.05) is 6.07 Å². The smallest absolute Gasteiger partial charge is 0.137 e. The number of unbranched alkanes of at least 4 members (excludes halogenated alkanes) is 1. The summed E-state index contributed by atoms with van der Waals surface area (Å²) in [6, 6.07) is 5.91. The van der Waals surface area contributed by atoms with Gasteiger partial charge in [0.25, 0.3) is 0 Å². The average Bonchev–Trinajstić information content (AvgIpc) is 2.44. The maximum absolute atomic E-state index is 13.8. The predicted molar refractivity (Wildman–Crippen MR) is 80.8 cm³/mol. The summed E-state index contributed by atoms with van der Waals surface area (Å²) in [6.07, 6.45) is 3.48. The molecule has 1 aliphatic heterocycles. The molecule has 0 spiro atoms. The number of hydrogen-bond donors (Lipinski definition) is 1. The van der Waals surface area contributed by atoms with Crippen molar-refractivity contribution in [1.29, 1.82) is 0 Å². The van der Waals surface area contributed by atoms with Crippen LogP contribution in [0.5, 0.6) is 0 Å². The van der Waals surface area contributed by atoms with Crippen molar-refractivity contribution in [1.82, 2.24) is 10.2 Å². The highest BCUT2D eigenvalue weighted by atomic mass is 79.9. The van der Waals surface area contributed by atoms with E-state index in [0.29, 0.717) is 10.5 Å². The molecule has 0 amide bonds. The Labute approximate surface area is 123 Å². The first-order valence-electron chi connectivity index (χ1n) is 7.12. The molecule has 2 nitrogen and oxygen atoms in total. The minimum atomic E-state index is -0.158. The summed E-state index contributed by atoms with van der Waals surface area (Å²) in [5, 5.41) is 3.37. The van der Waals surface area contributed by atoms with Crippen LogP contribution in [0, 0.1) is 5.82 Å². The number of nitrogens with zero attached hydrogens (tertiary/aromatic N) is 1. The van der Waals surface area contributed by atoms with Crippen molar-refractivity contribution < 1.29 is 4.39 Å². The van der Waals surface area contributed by atoms with Crippen molar-refractivity contribution in [2.75, 3.05) is 26.2 Å². The Morgan fingerprint density at radius 1 is 1.37 bits per heavy atom. The number of rotatable bonds is 5. The molecule has 1 atom stereocenters. The zero-order valence-corrected chi connectivity index (χ0v) is 13.0. The summed E-state index contributed by atoms with van der Waals surface area (Å²) in [6.45, 7) is 6.36. The van der Waals surface area contributed by atoms with Crippen LogP contribution in [0.25, 0.3) is 0 Å². The van der Waals surface area contributed by atoms with Gasteiger partial charge in [-0.05, 0) is 40.0 Å². The zero-order valence-electron chi connectivity index (χ0n) is 11.5. The number of hydrogen-bond acceptors (Lipinski definition) is 2. The molecule has 1 N–H and O–H groups in total. The third-order valence-corrected chi connectivity index (χ3v) is 4.40. The van der Waals surface area contributed by atoms with Gasteiger partial charge in [0.2, 0.25) is 0 Å². The minimum Gasteiger partial charge on any atom is -0.314 e. The molecule has 106 valence electrons. The van der Waals surface area contributed by atoms with Gasteiger partial charge in [0.05, 0.1) is 4.47 Å². The standard InChI is InChI=1S/C15H22BrFN2/c1-2-3-4-15(19-9-7-18-8-10-19)12-5-6-13(16)14(17)11-12/h5-6,11,15,18H,2-4,7-10H2,1H3/t15-/m0/s1. The van der Waals surface area contributed by atoms with Crippen LogP contribution in [0.3, 0.4) is 0 Å². The summed E-state index contributed by atoms with van der Waals surface area (Å²) in [4.78, 5) is 2.48. The molecule has 0 aliphatic carbocycles. The van der Waals surface area contributed by atoms with Crippen LogP contribution in [0.2, 0.25) is 0 Å². The van der Waals surface area contributed by atoms with Gasteiger partial charge in [0.15, 0.2) is 0 Å². The molecule has 0 radical (unpaired) electrons. The lowest BCUT2D eigenvalue weighted by molar-refractivity contribution is 0.163. The quantitative estimate of drug-likeness (QED) is 0.886. The molecule has 1 fully saturated rings. The molecule has 4 heteroatoms. The number of benzene rings is 1. The fraction of sp³-hybridized carbons (Fsp3) is 0.600. The minimum absolute atomic E-state index is 0.158. The van der Waals surface area contributed by atoms with Gasteiger partial charge in [-0.2, -0.15) is 0 Å². The second-order valence-electron chi connectivity index (χ2n) is 5.12. The van der Waals surface area contributed by atoms with Crippen LogP contribution >= 0.6 is 15.9 Å². The molecular formula is C15H22BrFN2. The van der Waals surface area contributed by atoms with E-state index in [-0.39, 0.29) is 5.82 Å². The van der Waals surface area contributed by atoms with Crippen molar-refractivity contribution in [3.05, 3.63) is 34.1 Å². The topological polar surface area (TPSA) is 15.3 Å². The summed E-state index contributed by atoms with van der Waals surface area (Å²) in [5.41, 5.74) is 1.11. The lowest BCUT2D eigenvalue weighted by Crippen LogP contribution is -2.45. The number of nitrogens with one attached hydrogen (secondary N) is 1. The fourth-order valence-corrected chi connectivity index (χ4v) is 2.92. The van der Waals surface area contributed by atoms with E-state index >= 15 is 0 Å². The third kappa shape index (κ3) is 4.01. The highest BCUT2D eigenvalue weighted by Crippen LogP contribution is 2.29. The van der Waals surface area contributed by atoms with Crippen LogP contribution in [0.4, 0.5) is 4.39 Å². The van der Waals surface area contributed by atoms with Gasteiger partial charge >= 0.3 is 0 Å². The van der Waals surface area contributed by atoms with Crippen molar-refractivity contribution in [3.8, 4) is 0 Å². The predicted octanol–water partition coefficient (Wildman–Crippen LogP) is 3.72. The van der Waals surface area contributed by atoms with Gasteiger partial charge in [-0.1, -0.05) is 25.8 Å². The molecule has 19 heavy (non-hydrogen) atoms. The second-order valence-corrected chi connectivity index (χ2v) is 5.97. The van der Waals surface area contributed by atoms with Crippen molar-refractivity contribution in [2.24, 2.45) is 0 Å².